The van der Waals surface area contributed by atoms with Crippen molar-refractivity contribution < 1.29 is 13.2 Å². The SMILES string of the molecule is [CH]c1cc(C(F)(F)F)nc(C)c1[CH]. The van der Waals surface area contributed by atoms with Crippen LogP contribution in [0.1, 0.15) is 22.5 Å². The predicted molar refractivity (Wildman–Crippen MR) is 40.8 cm³/mol. The first kappa shape index (κ1) is 10.0. The van der Waals surface area contributed by atoms with Gasteiger partial charge in [-0.25, -0.2) is 4.98 Å². The summed E-state index contributed by atoms with van der Waals surface area (Å²) in [5.74, 6) is 0. The van der Waals surface area contributed by atoms with E-state index in [9.17, 15) is 13.2 Å². The van der Waals surface area contributed by atoms with E-state index in [1.54, 1.807) is 0 Å². The Morgan fingerprint density at radius 3 is 2.23 bits per heavy atom. The third kappa shape index (κ3) is 1.99. The summed E-state index contributed by atoms with van der Waals surface area (Å²) in [6.07, 6.45) is -4.48. The van der Waals surface area contributed by atoms with Gasteiger partial charge in [-0.15, -0.1) is 0 Å². The number of alkyl halides is 3. The monoisotopic (exact) mass is 185 g/mol. The van der Waals surface area contributed by atoms with Crippen molar-refractivity contribution in [2.24, 2.45) is 0 Å². The molecule has 0 aromatic carbocycles. The Kier molecular flexibility index (Phi) is 2.32. The zero-order chi connectivity index (χ0) is 10.2. The second-order valence-electron chi connectivity index (χ2n) is 2.59. The Balaban J connectivity index is 3.29. The average molecular weight is 185 g/mol. The third-order valence-corrected chi connectivity index (χ3v) is 1.57. The van der Waals surface area contributed by atoms with Gasteiger partial charge in [0.1, 0.15) is 5.69 Å². The molecule has 0 amide bonds. The zero-order valence-corrected chi connectivity index (χ0v) is 6.81. The van der Waals surface area contributed by atoms with Gasteiger partial charge in [-0.3, -0.25) is 0 Å². The standard InChI is InChI=1S/C9H6F3N/c1-5-4-8(9(10,11)12)13-7(3)6(5)2/h1-2,4H,3H3. The molecule has 0 atom stereocenters. The molecule has 0 aliphatic carbocycles. The van der Waals surface area contributed by atoms with Crippen molar-refractivity contribution in [1.82, 2.24) is 4.98 Å². The highest BCUT2D eigenvalue weighted by atomic mass is 19.4. The van der Waals surface area contributed by atoms with E-state index < -0.39 is 11.9 Å². The fourth-order valence-electron chi connectivity index (χ4n) is 0.852. The Labute approximate surface area is 74.6 Å². The van der Waals surface area contributed by atoms with Crippen LogP contribution < -0.4 is 0 Å². The van der Waals surface area contributed by atoms with Gasteiger partial charge in [0.2, 0.25) is 0 Å². The van der Waals surface area contributed by atoms with Crippen molar-refractivity contribution in [3.63, 3.8) is 0 Å². The van der Waals surface area contributed by atoms with Gasteiger partial charge in [0.05, 0.1) is 0 Å². The largest absolute Gasteiger partial charge is 0.433 e. The van der Waals surface area contributed by atoms with Crippen molar-refractivity contribution in [2.75, 3.05) is 0 Å². The Hall–Kier alpha value is -1.06. The average Bonchev–Trinajstić information content (AvgIpc) is 1.97. The van der Waals surface area contributed by atoms with E-state index >= 15 is 0 Å². The van der Waals surface area contributed by atoms with E-state index in [2.05, 4.69) is 4.98 Å². The van der Waals surface area contributed by atoms with Crippen LogP contribution in [0.5, 0.6) is 0 Å². The summed E-state index contributed by atoms with van der Waals surface area (Å²) in [7, 11) is 0. The maximum atomic E-state index is 12.1. The molecule has 0 spiro atoms. The Morgan fingerprint density at radius 1 is 1.31 bits per heavy atom. The summed E-state index contributed by atoms with van der Waals surface area (Å²) in [6, 6.07) is 0.725. The number of halogens is 3. The highest BCUT2D eigenvalue weighted by Gasteiger charge is 2.33. The molecule has 0 fully saturated rings. The maximum Gasteiger partial charge on any atom is 0.433 e. The minimum Gasteiger partial charge on any atom is -0.248 e. The Bertz CT molecular complexity index is 305. The van der Waals surface area contributed by atoms with Gasteiger partial charge in [-0.1, -0.05) is 0 Å². The van der Waals surface area contributed by atoms with Crippen LogP contribution >= 0.6 is 0 Å². The number of nitrogens with zero attached hydrogens (tertiary/aromatic N) is 1. The molecule has 1 rings (SSSR count). The predicted octanol–water partition coefficient (Wildman–Crippen LogP) is 2.53. The minimum atomic E-state index is -4.48. The van der Waals surface area contributed by atoms with E-state index in [1.807, 2.05) is 0 Å². The molecule has 0 N–H and O–H groups in total. The van der Waals surface area contributed by atoms with E-state index in [4.69, 9.17) is 13.8 Å². The Morgan fingerprint density at radius 2 is 1.85 bits per heavy atom. The van der Waals surface area contributed by atoms with Crippen LogP contribution in [0.4, 0.5) is 13.2 Å². The van der Waals surface area contributed by atoms with Gasteiger partial charge in [0, 0.05) is 12.6 Å². The molecule has 1 nitrogen and oxygen atoms in total. The molecule has 1 aromatic rings. The van der Waals surface area contributed by atoms with Crippen molar-refractivity contribution in [2.45, 2.75) is 13.1 Å². The van der Waals surface area contributed by atoms with E-state index in [-0.39, 0.29) is 16.8 Å². The molecule has 4 heteroatoms. The summed E-state index contributed by atoms with van der Waals surface area (Å²) in [5.41, 5.74) is -0.933. The molecule has 1 heterocycles. The highest BCUT2D eigenvalue weighted by Crippen LogP contribution is 2.29. The lowest BCUT2D eigenvalue weighted by Crippen LogP contribution is -2.10. The number of hydrogen-bond acceptors (Lipinski definition) is 1. The second kappa shape index (κ2) is 3.01. The highest BCUT2D eigenvalue weighted by molar-refractivity contribution is 5.36. The quantitative estimate of drug-likeness (QED) is 0.605. The summed E-state index contributed by atoms with van der Waals surface area (Å²) >= 11 is 0. The van der Waals surface area contributed by atoms with Gasteiger partial charge in [0.25, 0.3) is 0 Å². The van der Waals surface area contributed by atoms with Gasteiger partial charge in [0.15, 0.2) is 0 Å². The smallest absolute Gasteiger partial charge is 0.248 e. The molecule has 0 unspecified atom stereocenters. The maximum absolute atomic E-state index is 12.1. The molecule has 13 heavy (non-hydrogen) atoms. The van der Waals surface area contributed by atoms with Gasteiger partial charge >= 0.3 is 6.18 Å². The fourth-order valence-corrected chi connectivity index (χ4v) is 0.852. The van der Waals surface area contributed by atoms with Crippen LogP contribution in [0.25, 0.3) is 0 Å². The second-order valence-corrected chi connectivity index (χ2v) is 2.59. The lowest BCUT2D eigenvalue weighted by molar-refractivity contribution is -0.141. The lowest BCUT2D eigenvalue weighted by Gasteiger charge is -2.09. The van der Waals surface area contributed by atoms with E-state index in [0.717, 1.165) is 6.07 Å². The molecule has 1 aromatic heterocycles. The molecular weight excluding hydrogens is 179 g/mol. The molecular formula is C9H6F3N. The molecule has 0 saturated carbocycles. The van der Waals surface area contributed by atoms with E-state index in [0.29, 0.717) is 0 Å². The number of pyridine rings is 1. The van der Waals surface area contributed by atoms with Crippen LogP contribution in [0.3, 0.4) is 0 Å². The van der Waals surface area contributed by atoms with Crippen LogP contribution in [0, 0.1) is 20.8 Å². The van der Waals surface area contributed by atoms with Crippen molar-refractivity contribution in [3.05, 3.63) is 42.4 Å². The van der Waals surface area contributed by atoms with Gasteiger partial charge < -0.3 is 0 Å². The fraction of sp³-hybridized carbons (Fsp3) is 0.222. The van der Waals surface area contributed by atoms with Crippen LogP contribution in [-0.4, -0.2) is 4.98 Å². The molecule has 0 aliphatic heterocycles. The first-order valence-corrected chi connectivity index (χ1v) is 3.42. The molecule has 0 aliphatic rings. The van der Waals surface area contributed by atoms with Gasteiger partial charge in [-0.05, 0) is 31.0 Å². The summed E-state index contributed by atoms with van der Waals surface area (Å²) in [6.45, 7) is 12.0. The normalized spacial score (nSPS) is 11.8. The first-order chi connectivity index (χ1) is 5.82. The first-order valence-electron chi connectivity index (χ1n) is 3.42. The van der Waals surface area contributed by atoms with Crippen LogP contribution in [0.15, 0.2) is 6.07 Å². The van der Waals surface area contributed by atoms with Crippen LogP contribution in [-0.2, 0) is 6.18 Å². The molecule has 0 bridgehead atoms. The number of hydrogen-bond donors (Lipinski definition) is 0. The minimum absolute atomic E-state index is 0.0901. The summed E-state index contributed by atoms with van der Waals surface area (Å²) < 4.78 is 36.4. The number of aromatic nitrogens is 1. The van der Waals surface area contributed by atoms with E-state index in [1.165, 1.54) is 6.92 Å². The van der Waals surface area contributed by atoms with Gasteiger partial charge in [-0.2, -0.15) is 13.2 Å². The molecule has 4 radical (unpaired) electrons. The van der Waals surface area contributed by atoms with Crippen LogP contribution in [0.2, 0.25) is 0 Å². The van der Waals surface area contributed by atoms with Crippen molar-refractivity contribution in [3.8, 4) is 0 Å². The number of aryl methyl sites for hydroxylation is 1. The van der Waals surface area contributed by atoms with Crippen molar-refractivity contribution in [1.29, 1.82) is 0 Å². The molecule has 0 saturated heterocycles. The third-order valence-electron chi connectivity index (χ3n) is 1.57. The number of rotatable bonds is 0. The van der Waals surface area contributed by atoms with Crippen molar-refractivity contribution >= 4 is 0 Å². The zero-order valence-electron chi connectivity index (χ0n) is 6.81. The summed E-state index contributed by atoms with van der Waals surface area (Å²) in [5, 5.41) is 0. The summed E-state index contributed by atoms with van der Waals surface area (Å²) in [4.78, 5) is 3.27. The topological polar surface area (TPSA) is 12.9 Å². The lowest BCUT2D eigenvalue weighted by atomic mass is 10.1. The molecule has 68 valence electrons.